The SMILES string of the molecule is CCn1cc(S(=O)(=O)NC2(C)CCOC2)cc1C(=O)O. The van der Waals surface area contributed by atoms with Gasteiger partial charge in [-0.3, -0.25) is 0 Å². The zero-order valence-corrected chi connectivity index (χ0v) is 12.2. The second-order valence-corrected chi connectivity index (χ2v) is 6.80. The van der Waals surface area contributed by atoms with E-state index in [4.69, 9.17) is 9.84 Å². The standard InChI is InChI=1S/C12H18N2O5S/c1-3-14-7-9(6-10(14)11(15)16)20(17,18)13-12(2)4-5-19-8-12/h6-7,13H,3-5,8H2,1-2H3,(H,15,16). The van der Waals surface area contributed by atoms with E-state index in [1.165, 1.54) is 16.8 Å². The lowest BCUT2D eigenvalue weighted by Crippen LogP contribution is -2.46. The van der Waals surface area contributed by atoms with Gasteiger partial charge in [0, 0.05) is 19.3 Å². The lowest BCUT2D eigenvalue weighted by atomic mass is 10.0. The van der Waals surface area contributed by atoms with E-state index >= 15 is 0 Å². The van der Waals surface area contributed by atoms with Gasteiger partial charge in [0.15, 0.2) is 0 Å². The van der Waals surface area contributed by atoms with Crippen LogP contribution in [0.25, 0.3) is 0 Å². The number of aromatic nitrogens is 1. The van der Waals surface area contributed by atoms with Gasteiger partial charge in [-0.2, -0.15) is 0 Å². The van der Waals surface area contributed by atoms with Crippen LogP contribution in [0.3, 0.4) is 0 Å². The van der Waals surface area contributed by atoms with Crippen molar-refractivity contribution in [1.29, 1.82) is 0 Å². The number of aryl methyl sites for hydroxylation is 1. The summed E-state index contributed by atoms with van der Waals surface area (Å²) in [5, 5.41) is 9.05. The molecule has 1 fully saturated rings. The number of rotatable bonds is 5. The third-order valence-corrected chi connectivity index (χ3v) is 4.95. The molecule has 0 saturated carbocycles. The van der Waals surface area contributed by atoms with E-state index < -0.39 is 21.5 Å². The summed E-state index contributed by atoms with van der Waals surface area (Å²) >= 11 is 0. The predicted molar refractivity (Wildman–Crippen MR) is 71.2 cm³/mol. The molecule has 2 rings (SSSR count). The molecule has 1 saturated heterocycles. The summed E-state index contributed by atoms with van der Waals surface area (Å²) in [6.07, 6.45) is 1.93. The first-order valence-electron chi connectivity index (χ1n) is 6.32. The maximum absolute atomic E-state index is 12.3. The van der Waals surface area contributed by atoms with Gasteiger partial charge in [-0.25, -0.2) is 17.9 Å². The topological polar surface area (TPSA) is 97.6 Å². The lowest BCUT2D eigenvalue weighted by Gasteiger charge is -2.22. The van der Waals surface area contributed by atoms with Crippen molar-refractivity contribution < 1.29 is 23.1 Å². The van der Waals surface area contributed by atoms with Crippen molar-refractivity contribution in [3.05, 3.63) is 18.0 Å². The maximum Gasteiger partial charge on any atom is 0.352 e. The minimum atomic E-state index is -3.76. The van der Waals surface area contributed by atoms with E-state index in [2.05, 4.69) is 4.72 Å². The number of ether oxygens (including phenoxy) is 1. The molecule has 0 spiro atoms. The number of hydrogen-bond acceptors (Lipinski definition) is 4. The van der Waals surface area contributed by atoms with Crippen LogP contribution in [0.2, 0.25) is 0 Å². The number of hydrogen-bond donors (Lipinski definition) is 2. The number of carboxylic acid groups (broad SMARTS) is 1. The van der Waals surface area contributed by atoms with Crippen LogP contribution >= 0.6 is 0 Å². The minimum absolute atomic E-state index is 0.0372. The second-order valence-electron chi connectivity index (χ2n) is 5.12. The van der Waals surface area contributed by atoms with Crippen LogP contribution in [0.5, 0.6) is 0 Å². The van der Waals surface area contributed by atoms with Gasteiger partial charge in [-0.15, -0.1) is 0 Å². The van der Waals surface area contributed by atoms with Crippen LogP contribution in [0.15, 0.2) is 17.2 Å². The molecule has 1 aliphatic rings. The highest BCUT2D eigenvalue weighted by Gasteiger charge is 2.35. The molecule has 0 radical (unpaired) electrons. The fourth-order valence-electron chi connectivity index (χ4n) is 2.20. The fraction of sp³-hybridized carbons (Fsp3) is 0.583. The summed E-state index contributed by atoms with van der Waals surface area (Å²) in [4.78, 5) is 11.0. The van der Waals surface area contributed by atoms with E-state index in [0.29, 0.717) is 26.2 Å². The first-order chi connectivity index (χ1) is 9.27. The fourth-order valence-corrected chi connectivity index (χ4v) is 3.66. The Morgan fingerprint density at radius 1 is 1.60 bits per heavy atom. The average molecular weight is 302 g/mol. The molecular weight excluding hydrogens is 284 g/mol. The van der Waals surface area contributed by atoms with Crippen molar-refractivity contribution in [3.63, 3.8) is 0 Å². The first kappa shape index (κ1) is 15.0. The molecule has 0 aliphatic carbocycles. The highest BCUT2D eigenvalue weighted by atomic mass is 32.2. The summed E-state index contributed by atoms with van der Waals surface area (Å²) in [5.41, 5.74) is -0.683. The van der Waals surface area contributed by atoms with Gasteiger partial charge >= 0.3 is 5.97 Å². The van der Waals surface area contributed by atoms with Crippen LogP contribution in [-0.4, -0.2) is 42.8 Å². The van der Waals surface area contributed by atoms with Crippen molar-refractivity contribution in [1.82, 2.24) is 9.29 Å². The molecule has 20 heavy (non-hydrogen) atoms. The molecule has 0 bridgehead atoms. The number of sulfonamides is 1. The van der Waals surface area contributed by atoms with Gasteiger partial charge in [0.2, 0.25) is 10.0 Å². The van der Waals surface area contributed by atoms with Gasteiger partial charge in [-0.1, -0.05) is 0 Å². The Kier molecular flexibility index (Phi) is 3.90. The average Bonchev–Trinajstić information content (AvgIpc) is 2.94. The largest absolute Gasteiger partial charge is 0.477 e. The third kappa shape index (κ3) is 2.87. The molecule has 0 amide bonds. The number of aromatic carboxylic acids is 1. The molecule has 7 nitrogen and oxygen atoms in total. The number of carbonyl (C=O) groups is 1. The van der Waals surface area contributed by atoms with Gasteiger partial charge in [0.25, 0.3) is 0 Å². The zero-order chi connectivity index (χ0) is 15.0. The lowest BCUT2D eigenvalue weighted by molar-refractivity contribution is 0.0685. The molecule has 1 aromatic heterocycles. The molecule has 1 aromatic rings. The maximum atomic E-state index is 12.3. The predicted octanol–water partition coefficient (Wildman–Crippen LogP) is 0.663. The van der Waals surface area contributed by atoms with Gasteiger partial charge in [0.1, 0.15) is 10.6 Å². The van der Waals surface area contributed by atoms with Crippen LogP contribution in [0.4, 0.5) is 0 Å². The normalized spacial score (nSPS) is 23.1. The van der Waals surface area contributed by atoms with Crippen molar-refractivity contribution in [3.8, 4) is 0 Å². The molecule has 8 heteroatoms. The Morgan fingerprint density at radius 3 is 2.75 bits per heavy atom. The summed E-state index contributed by atoms with van der Waals surface area (Å²) in [6.45, 7) is 4.73. The van der Waals surface area contributed by atoms with Gasteiger partial charge < -0.3 is 14.4 Å². The smallest absolute Gasteiger partial charge is 0.352 e. The van der Waals surface area contributed by atoms with Crippen molar-refractivity contribution in [2.75, 3.05) is 13.2 Å². The van der Waals surface area contributed by atoms with E-state index in [1.807, 2.05) is 0 Å². The molecule has 112 valence electrons. The van der Waals surface area contributed by atoms with Crippen LogP contribution in [0, 0.1) is 0 Å². The van der Waals surface area contributed by atoms with Crippen molar-refractivity contribution in [2.24, 2.45) is 0 Å². The summed E-state index contributed by atoms with van der Waals surface area (Å²) < 4.78 is 33.8. The quantitative estimate of drug-likeness (QED) is 0.833. The zero-order valence-electron chi connectivity index (χ0n) is 11.4. The van der Waals surface area contributed by atoms with Crippen LogP contribution in [0.1, 0.15) is 30.8 Å². The Bertz CT molecular complexity index is 614. The second kappa shape index (κ2) is 5.19. The molecule has 1 aliphatic heterocycles. The number of nitrogens with one attached hydrogen (secondary N) is 1. The van der Waals surface area contributed by atoms with Crippen molar-refractivity contribution >= 4 is 16.0 Å². The number of nitrogens with zero attached hydrogens (tertiary/aromatic N) is 1. The minimum Gasteiger partial charge on any atom is -0.477 e. The Labute approximate surface area is 117 Å². The van der Waals surface area contributed by atoms with Crippen molar-refractivity contribution in [2.45, 2.75) is 37.2 Å². The summed E-state index contributed by atoms with van der Waals surface area (Å²) in [6, 6.07) is 1.17. The molecule has 1 atom stereocenters. The van der Waals surface area contributed by atoms with Gasteiger partial charge in [0.05, 0.1) is 12.1 Å². The Hall–Kier alpha value is -1.38. The van der Waals surface area contributed by atoms with E-state index in [0.717, 1.165) is 0 Å². The monoisotopic (exact) mass is 302 g/mol. The summed E-state index contributed by atoms with van der Waals surface area (Å²) in [7, 11) is -3.76. The third-order valence-electron chi connectivity index (χ3n) is 3.34. The highest BCUT2D eigenvalue weighted by Crippen LogP contribution is 2.22. The molecule has 0 aromatic carbocycles. The van der Waals surface area contributed by atoms with Crippen LogP contribution < -0.4 is 4.72 Å². The number of carboxylic acids is 1. The first-order valence-corrected chi connectivity index (χ1v) is 7.81. The Balaban J connectivity index is 2.32. The van der Waals surface area contributed by atoms with Gasteiger partial charge in [-0.05, 0) is 26.3 Å². The summed E-state index contributed by atoms with van der Waals surface area (Å²) in [5.74, 6) is -1.15. The van der Waals surface area contributed by atoms with E-state index in [9.17, 15) is 13.2 Å². The van der Waals surface area contributed by atoms with Crippen LogP contribution in [-0.2, 0) is 21.3 Å². The highest BCUT2D eigenvalue weighted by molar-refractivity contribution is 7.89. The molecule has 2 heterocycles. The molecule has 1 unspecified atom stereocenters. The molecular formula is C12H18N2O5S. The molecule has 2 N–H and O–H groups in total. The van der Waals surface area contributed by atoms with E-state index in [-0.39, 0.29) is 10.6 Å². The van der Waals surface area contributed by atoms with E-state index in [1.54, 1.807) is 13.8 Å². The Morgan fingerprint density at radius 2 is 2.30 bits per heavy atom.